The number of aromatic nitrogens is 1. The molecular weight excluding hydrogens is 444 g/mol. The van der Waals surface area contributed by atoms with Crippen molar-refractivity contribution in [1.82, 2.24) is 20.3 Å². The molecule has 2 atom stereocenters. The zero-order chi connectivity index (χ0) is 24.3. The molecule has 0 radical (unpaired) electrons. The molecule has 1 fully saturated rings. The summed E-state index contributed by atoms with van der Waals surface area (Å²) in [6, 6.07) is 6.56. The van der Waals surface area contributed by atoms with Gasteiger partial charge in [0, 0.05) is 36.6 Å². The Balaban J connectivity index is 1.84. The van der Waals surface area contributed by atoms with E-state index >= 15 is 0 Å². The standard InChI is InChI=1S/C24H31ClN4O4/c1-24(2,3)33-23(32)29(19-8-6-7-16(12-19)22(31)28(4)5)27-21(30)17-11-15-9-10-18(25)13-20(15)26-14-17/h9-11,13-14,16,19H,6-8,12H2,1-5H3,(H,27,30)/t16-,19?/m0/s1. The molecule has 1 aliphatic rings. The average Bonchev–Trinajstić information content (AvgIpc) is 2.75. The van der Waals surface area contributed by atoms with Crippen LogP contribution < -0.4 is 5.43 Å². The van der Waals surface area contributed by atoms with Gasteiger partial charge in [-0.25, -0.2) is 9.80 Å². The average molecular weight is 475 g/mol. The number of rotatable bonds is 3. The number of ether oxygens (including phenoxy) is 1. The van der Waals surface area contributed by atoms with Gasteiger partial charge in [-0.3, -0.25) is 20.0 Å². The summed E-state index contributed by atoms with van der Waals surface area (Å²) >= 11 is 6.01. The monoisotopic (exact) mass is 474 g/mol. The molecule has 8 nitrogen and oxygen atoms in total. The predicted molar refractivity (Wildman–Crippen MR) is 127 cm³/mol. The van der Waals surface area contributed by atoms with E-state index < -0.39 is 17.6 Å². The lowest BCUT2D eigenvalue weighted by molar-refractivity contribution is -0.134. The van der Waals surface area contributed by atoms with E-state index in [1.165, 1.54) is 11.2 Å². The SMILES string of the molecule is CN(C)C(=O)[C@H]1CCCC(N(NC(=O)c2cnc3cc(Cl)ccc3c2)C(=O)OC(C)(C)C)C1. The number of benzene rings is 1. The summed E-state index contributed by atoms with van der Waals surface area (Å²) < 4.78 is 5.56. The maximum atomic E-state index is 13.1. The van der Waals surface area contributed by atoms with E-state index in [1.807, 2.05) is 0 Å². The van der Waals surface area contributed by atoms with Crippen molar-refractivity contribution in [3.05, 3.63) is 41.0 Å². The second kappa shape index (κ2) is 9.95. The molecule has 3 amide bonds. The first kappa shape index (κ1) is 24.8. The normalized spacial score (nSPS) is 18.5. The molecule has 0 saturated heterocycles. The van der Waals surface area contributed by atoms with Crippen LogP contribution in [0.2, 0.25) is 5.02 Å². The van der Waals surface area contributed by atoms with E-state index in [9.17, 15) is 14.4 Å². The Hall–Kier alpha value is -2.87. The van der Waals surface area contributed by atoms with Crippen molar-refractivity contribution in [3.8, 4) is 0 Å². The van der Waals surface area contributed by atoms with E-state index in [2.05, 4.69) is 10.4 Å². The zero-order valence-electron chi connectivity index (χ0n) is 19.7. The van der Waals surface area contributed by atoms with Crippen LogP contribution in [0.4, 0.5) is 4.79 Å². The number of fused-ring (bicyclic) bond motifs is 1. The molecule has 1 heterocycles. The third-order valence-electron chi connectivity index (χ3n) is 5.52. The molecule has 0 bridgehead atoms. The number of amides is 3. The lowest BCUT2D eigenvalue weighted by atomic mass is 9.84. The molecule has 0 aliphatic heterocycles. The van der Waals surface area contributed by atoms with E-state index in [4.69, 9.17) is 16.3 Å². The minimum absolute atomic E-state index is 0.0209. The van der Waals surface area contributed by atoms with E-state index in [1.54, 1.807) is 64.0 Å². The Labute approximate surface area is 199 Å². The molecule has 3 rings (SSSR count). The minimum atomic E-state index is -0.739. The molecule has 1 saturated carbocycles. The van der Waals surface area contributed by atoms with Crippen LogP contribution in [0.3, 0.4) is 0 Å². The van der Waals surface area contributed by atoms with Gasteiger partial charge in [0.2, 0.25) is 5.91 Å². The van der Waals surface area contributed by atoms with Crippen LogP contribution in [-0.4, -0.2) is 58.5 Å². The van der Waals surface area contributed by atoms with Crippen LogP contribution in [0.5, 0.6) is 0 Å². The number of hydrazine groups is 1. The molecular formula is C24H31ClN4O4. The van der Waals surface area contributed by atoms with Crippen LogP contribution in [0, 0.1) is 5.92 Å². The third-order valence-corrected chi connectivity index (χ3v) is 5.76. The topological polar surface area (TPSA) is 91.8 Å². The maximum absolute atomic E-state index is 13.1. The van der Waals surface area contributed by atoms with E-state index in [-0.39, 0.29) is 17.9 Å². The van der Waals surface area contributed by atoms with Crippen molar-refractivity contribution in [2.75, 3.05) is 14.1 Å². The van der Waals surface area contributed by atoms with Crippen molar-refractivity contribution in [2.24, 2.45) is 5.92 Å². The zero-order valence-corrected chi connectivity index (χ0v) is 20.5. The summed E-state index contributed by atoms with van der Waals surface area (Å²) in [5, 5.41) is 2.56. The summed E-state index contributed by atoms with van der Waals surface area (Å²) in [6.07, 6.45) is 3.42. The van der Waals surface area contributed by atoms with Crippen LogP contribution >= 0.6 is 11.6 Å². The van der Waals surface area contributed by atoms with E-state index in [0.717, 1.165) is 18.2 Å². The molecule has 2 aromatic rings. The largest absolute Gasteiger partial charge is 0.442 e. The fourth-order valence-electron chi connectivity index (χ4n) is 3.98. The fourth-order valence-corrected chi connectivity index (χ4v) is 4.14. The smallest absolute Gasteiger partial charge is 0.429 e. The molecule has 1 aromatic carbocycles. The lowest BCUT2D eigenvalue weighted by Gasteiger charge is -2.38. The van der Waals surface area contributed by atoms with Gasteiger partial charge in [-0.05, 0) is 58.2 Å². The number of pyridine rings is 1. The van der Waals surface area contributed by atoms with Crippen LogP contribution in [0.25, 0.3) is 10.9 Å². The van der Waals surface area contributed by atoms with Gasteiger partial charge in [0.05, 0.1) is 17.1 Å². The molecule has 178 valence electrons. The number of nitrogens with zero attached hydrogens (tertiary/aromatic N) is 3. The fraction of sp³-hybridized carbons (Fsp3) is 0.500. The van der Waals surface area contributed by atoms with Crippen LogP contribution in [0.1, 0.15) is 56.8 Å². The Bertz CT molecular complexity index is 1050. The van der Waals surface area contributed by atoms with Gasteiger partial charge < -0.3 is 9.64 Å². The summed E-state index contributed by atoms with van der Waals surface area (Å²) in [6.45, 7) is 5.30. The van der Waals surface area contributed by atoms with Crippen molar-refractivity contribution in [1.29, 1.82) is 0 Å². The number of nitrogens with one attached hydrogen (secondary N) is 1. The van der Waals surface area contributed by atoms with Crippen molar-refractivity contribution >= 4 is 40.4 Å². The predicted octanol–water partition coefficient (Wildman–Crippen LogP) is 4.42. The number of hydrogen-bond acceptors (Lipinski definition) is 5. The number of carbonyl (C=O) groups is 3. The first-order valence-electron chi connectivity index (χ1n) is 11.0. The van der Waals surface area contributed by atoms with Gasteiger partial charge in [-0.1, -0.05) is 24.1 Å². The van der Waals surface area contributed by atoms with Gasteiger partial charge in [-0.15, -0.1) is 0 Å². The highest BCUT2D eigenvalue weighted by atomic mass is 35.5. The molecule has 1 N–H and O–H groups in total. The summed E-state index contributed by atoms with van der Waals surface area (Å²) in [7, 11) is 3.44. The summed E-state index contributed by atoms with van der Waals surface area (Å²) in [4.78, 5) is 44.6. The lowest BCUT2D eigenvalue weighted by Crippen LogP contribution is -2.55. The molecule has 1 aromatic heterocycles. The number of halogens is 1. The Morgan fingerprint density at radius 3 is 2.55 bits per heavy atom. The Morgan fingerprint density at radius 2 is 1.88 bits per heavy atom. The minimum Gasteiger partial charge on any atom is -0.442 e. The second-order valence-electron chi connectivity index (χ2n) is 9.60. The molecule has 1 unspecified atom stereocenters. The Morgan fingerprint density at radius 1 is 1.15 bits per heavy atom. The number of carbonyl (C=O) groups excluding carboxylic acids is 3. The highest BCUT2D eigenvalue weighted by Crippen LogP contribution is 2.29. The molecule has 9 heteroatoms. The van der Waals surface area contributed by atoms with Gasteiger partial charge in [0.15, 0.2) is 0 Å². The van der Waals surface area contributed by atoms with Crippen LogP contribution in [0.15, 0.2) is 30.5 Å². The van der Waals surface area contributed by atoms with Crippen molar-refractivity contribution in [2.45, 2.75) is 58.1 Å². The highest BCUT2D eigenvalue weighted by molar-refractivity contribution is 6.31. The first-order chi connectivity index (χ1) is 15.4. The third kappa shape index (κ3) is 6.35. The maximum Gasteiger partial charge on any atom is 0.429 e. The van der Waals surface area contributed by atoms with E-state index in [0.29, 0.717) is 28.9 Å². The quantitative estimate of drug-likeness (QED) is 0.665. The Kier molecular flexibility index (Phi) is 7.47. The van der Waals surface area contributed by atoms with Crippen LogP contribution in [-0.2, 0) is 9.53 Å². The van der Waals surface area contributed by atoms with Crippen molar-refractivity contribution in [3.63, 3.8) is 0 Å². The second-order valence-corrected chi connectivity index (χ2v) is 10.0. The van der Waals surface area contributed by atoms with Crippen molar-refractivity contribution < 1.29 is 19.1 Å². The van der Waals surface area contributed by atoms with Gasteiger partial charge >= 0.3 is 6.09 Å². The first-order valence-corrected chi connectivity index (χ1v) is 11.4. The molecule has 33 heavy (non-hydrogen) atoms. The number of hydrogen-bond donors (Lipinski definition) is 1. The van der Waals surface area contributed by atoms with Gasteiger partial charge in [0.1, 0.15) is 5.60 Å². The summed E-state index contributed by atoms with van der Waals surface area (Å²) in [5.74, 6) is -0.675. The highest BCUT2D eigenvalue weighted by Gasteiger charge is 2.36. The summed E-state index contributed by atoms with van der Waals surface area (Å²) in [5.41, 5.74) is 2.95. The van der Waals surface area contributed by atoms with Gasteiger partial charge in [0.25, 0.3) is 5.91 Å². The molecule has 0 spiro atoms. The molecule has 1 aliphatic carbocycles. The van der Waals surface area contributed by atoms with Gasteiger partial charge in [-0.2, -0.15) is 0 Å².